The molecule has 2 fully saturated rings. The fourth-order valence-corrected chi connectivity index (χ4v) is 13.5. The molecular weight excluding hydrogens is 745 g/mol. The lowest BCUT2D eigenvalue weighted by Gasteiger charge is -2.47. The van der Waals surface area contributed by atoms with Crippen LogP contribution in [0.1, 0.15) is 105 Å². The van der Waals surface area contributed by atoms with Gasteiger partial charge >= 0.3 is 0 Å². The van der Waals surface area contributed by atoms with Gasteiger partial charge in [-0.05, 0) is 135 Å². The normalized spacial score (nSPS) is 23.2. The Morgan fingerprint density at radius 3 is 1.92 bits per heavy atom. The molecule has 272 valence electrons. The Morgan fingerprint density at radius 2 is 1.36 bits per heavy atom. The molecule has 0 bridgehead atoms. The Morgan fingerprint density at radius 1 is 0.820 bits per heavy atom. The van der Waals surface area contributed by atoms with E-state index >= 15 is 0 Å². The van der Waals surface area contributed by atoms with Gasteiger partial charge in [-0.1, -0.05) is 118 Å². The van der Waals surface area contributed by atoms with Crippen molar-refractivity contribution < 1.29 is 0 Å². The first-order chi connectivity index (χ1) is 24.2. The van der Waals surface area contributed by atoms with Crippen LogP contribution in [0.3, 0.4) is 0 Å². The molecule has 4 aliphatic heterocycles. The summed E-state index contributed by atoms with van der Waals surface area (Å²) < 4.78 is 0. The van der Waals surface area contributed by atoms with Gasteiger partial charge in [0.2, 0.25) is 0 Å². The second-order valence-electron chi connectivity index (χ2n) is 13.5. The van der Waals surface area contributed by atoms with Gasteiger partial charge in [-0.2, -0.15) is 11.8 Å². The van der Waals surface area contributed by atoms with Crippen molar-refractivity contribution in [2.75, 3.05) is 23.0 Å². The maximum absolute atomic E-state index is 6.18. The van der Waals surface area contributed by atoms with Crippen LogP contribution in [0.15, 0.2) is 76.1 Å². The highest BCUT2D eigenvalue weighted by atomic mass is 32.2. The van der Waals surface area contributed by atoms with Crippen LogP contribution in [0.2, 0.25) is 0 Å². The topological polar surface area (TPSA) is 6.48 Å². The van der Waals surface area contributed by atoms with E-state index in [2.05, 4.69) is 110 Å². The van der Waals surface area contributed by atoms with Crippen LogP contribution in [0.5, 0.6) is 0 Å². The molecule has 9 heteroatoms. The molecule has 4 aliphatic rings. The van der Waals surface area contributed by atoms with Crippen LogP contribution in [-0.2, 0) is 5.54 Å². The third-order valence-corrected chi connectivity index (χ3v) is 15.4. The van der Waals surface area contributed by atoms with E-state index in [0.29, 0.717) is 11.8 Å². The molecule has 5 rings (SSSR count). The lowest BCUT2D eigenvalue weighted by Crippen LogP contribution is -2.55. The molecule has 0 aliphatic carbocycles. The molecule has 4 atom stereocenters. The van der Waals surface area contributed by atoms with Crippen molar-refractivity contribution in [1.29, 1.82) is 0 Å². The van der Waals surface area contributed by atoms with Crippen LogP contribution in [0.4, 0.5) is 0 Å². The van der Waals surface area contributed by atoms with E-state index in [1.807, 2.05) is 37.4 Å². The van der Waals surface area contributed by atoms with Crippen LogP contribution < -0.4 is 0 Å². The summed E-state index contributed by atoms with van der Waals surface area (Å²) in [5.74, 6) is 5.33. The van der Waals surface area contributed by atoms with Crippen molar-refractivity contribution in [3.05, 3.63) is 81.7 Å². The lowest BCUT2D eigenvalue weighted by molar-refractivity contribution is 0.256. The monoisotopic (exact) mass is 800 g/mol. The average Bonchev–Trinajstić information content (AvgIpc) is 3.79. The fraction of sp³-hybridized carbons (Fsp3) is 0.561. The minimum atomic E-state index is -0.236. The lowest BCUT2D eigenvalue weighted by atomic mass is 9.81. The SMILES string of the molecule is C/C=C\C=C(/CC)C(C)(CCCCSCCCCC(C)(c1ccccc1)N1C(=S)C=C2SCCC2C1=S)N1C(=S)C=C2SCCC2C1=S.CC. The average molecular weight is 801 g/mol. The number of hydrogen-bond acceptors (Lipinski definition) is 7. The number of allylic oxidation sites excluding steroid dienone is 3. The highest BCUT2D eigenvalue weighted by Gasteiger charge is 2.45. The molecular formula is C41H56N2S7. The first-order valence-electron chi connectivity index (χ1n) is 18.6. The minimum absolute atomic E-state index is 0.201. The van der Waals surface area contributed by atoms with Crippen molar-refractivity contribution >= 4 is 104 Å². The highest BCUT2D eigenvalue weighted by Crippen LogP contribution is 2.47. The largest absolute Gasteiger partial charge is 0.317 e. The zero-order valence-electron chi connectivity index (χ0n) is 30.9. The van der Waals surface area contributed by atoms with Gasteiger partial charge in [-0.3, -0.25) is 0 Å². The number of hydrogen-bond donors (Lipinski definition) is 0. The maximum Gasteiger partial charge on any atom is 0.108 e. The smallest absolute Gasteiger partial charge is 0.108 e. The number of rotatable bonds is 16. The van der Waals surface area contributed by atoms with Gasteiger partial charge in [-0.15, -0.1) is 23.5 Å². The molecule has 1 aromatic carbocycles. The molecule has 0 radical (unpaired) electrons. The summed E-state index contributed by atoms with van der Waals surface area (Å²) in [6, 6.07) is 10.9. The standard InChI is InChI=1S/C39H50N2S7.C2H6/c1-5-7-15-28(6-2)38(3,40-34(42)26-32-30(36(40)44)18-24-47-32)20-11-13-22-46-23-14-12-21-39(4,29-16-9-8-10-17-29)41-35(43)27-33-31(37(41)45)19-25-48-33;1-2/h5,7-10,15-17,26-27,30-31H,6,11-14,18-25H2,1-4H3;1-2H3/b7-5-,28-15+;. The van der Waals surface area contributed by atoms with Crippen LogP contribution >= 0.6 is 84.2 Å². The molecule has 4 unspecified atom stereocenters. The summed E-state index contributed by atoms with van der Waals surface area (Å²) in [7, 11) is 0. The van der Waals surface area contributed by atoms with E-state index in [1.54, 1.807) is 0 Å². The molecule has 2 saturated heterocycles. The summed E-state index contributed by atoms with van der Waals surface area (Å²) in [6.45, 7) is 13.1. The second kappa shape index (κ2) is 20.0. The molecule has 0 spiro atoms. The molecule has 0 aromatic heterocycles. The van der Waals surface area contributed by atoms with Crippen LogP contribution in [0, 0.1) is 11.8 Å². The van der Waals surface area contributed by atoms with Gasteiger partial charge in [0.25, 0.3) is 0 Å². The Hall–Kier alpha value is -0.810. The molecule has 0 saturated carbocycles. The van der Waals surface area contributed by atoms with Gasteiger partial charge in [0.15, 0.2) is 0 Å². The number of thioether (sulfide) groups is 3. The first kappa shape index (κ1) is 41.9. The quantitative estimate of drug-likeness (QED) is 0.0908. The van der Waals surface area contributed by atoms with E-state index in [4.69, 9.17) is 48.9 Å². The van der Waals surface area contributed by atoms with Crippen LogP contribution in [0.25, 0.3) is 0 Å². The van der Waals surface area contributed by atoms with Gasteiger partial charge in [-0.25, -0.2) is 0 Å². The van der Waals surface area contributed by atoms with Gasteiger partial charge in [0, 0.05) is 11.8 Å². The molecule has 2 nitrogen and oxygen atoms in total. The highest BCUT2D eigenvalue weighted by molar-refractivity contribution is 8.03. The van der Waals surface area contributed by atoms with Crippen molar-refractivity contribution in [2.45, 2.75) is 110 Å². The van der Waals surface area contributed by atoms with Crippen molar-refractivity contribution in [3.8, 4) is 0 Å². The second-order valence-corrected chi connectivity index (χ2v) is 18.7. The molecule has 1 aromatic rings. The van der Waals surface area contributed by atoms with E-state index < -0.39 is 0 Å². The van der Waals surface area contributed by atoms with Gasteiger partial charge in [0.1, 0.15) is 9.98 Å². The fourth-order valence-electron chi connectivity index (χ4n) is 7.66. The number of fused-ring (bicyclic) bond motifs is 2. The van der Waals surface area contributed by atoms with Crippen molar-refractivity contribution in [3.63, 3.8) is 0 Å². The number of nitrogens with zero attached hydrogens (tertiary/aromatic N) is 2. The van der Waals surface area contributed by atoms with Gasteiger partial charge in [0.05, 0.1) is 21.1 Å². The Balaban J connectivity index is 0.00000276. The number of thiocarbonyl (C=S) groups is 4. The summed E-state index contributed by atoms with van der Waals surface area (Å²) in [5, 5.41) is 0. The number of unbranched alkanes of at least 4 members (excludes halogenated alkanes) is 2. The summed E-state index contributed by atoms with van der Waals surface area (Å²) in [6.07, 6.45) is 21.0. The van der Waals surface area contributed by atoms with E-state index in [0.717, 1.165) is 76.4 Å². The summed E-state index contributed by atoms with van der Waals surface area (Å²) >= 11 is 30.3. The Kier molecular flexibility index (Phi) is 16.8. The Bertz CT molecular complexity index is 1490. The molecule has 50 heavy (non-hydrogen) atoms. The van der Waals surface area contributed by atoms with Crippen molar-refractivity contribution in [1.82, 2.24) is 9.80 Å². The van der Waals surface area contributed by atoms with Gasteiger partial charge < -0.3 is 9.80 Å². The van der Waals surface area contributed by atoms with E-state index in [1.165, 1.54) is 45.3 Å². The van der Waals surface area contributed by atoms with E-state index in [9.17, 15) is 0 Å². The third kappa shape index (κ3) is 9.46. The zero-order valence-corrected chi connectivity index (χ0v) is 36.6. The van der Waals surface area contributed by atoms with Crippen LogP contribution in [-0.4, -0.2) is 58.3 Å². The summed E-state index contributed by atoms with van der Waals surface area (Å²) in [5.41, 5.74) is 2.27. The Labute approximate surface area is 338 Å². The predicted molar refractivity (Wildman–Crippen MR) is 243 cm³/mol. The minimum Gasteiger partial charge on any atom is -0.317 e. The molecule has 0 amide bonds. The third-order valence-electron chi connectivity index (χ3n) is 10.4. The molecule has 4 heterocycles. The maximum atomic E-state index is 6.18. The first-order valence-corrected chi connectivity index (χ1v) is 23.3. The predicted octanol–water partition coefficient (Wildman–Crippen LogP) is 12.9. The summed E-state index contributed by atoms with van der Waals surface area (Å²) in [4.78, 5) is 11.3. The number of benzene rings is 1. The van der Waals surface area contributed by atoms with E-state index in [-0.39, 0.29) is 11.1 Å². The molecule has 0 N–H and O–H groups in total. The van der Waals surface area contributed by atoms with Crippen molar-refractivity contribution in [2.24, 2.45) is 11.8 Å². The zero-order chi connectivity index (χ0) is 36.3.